The zero-order valence-electron chi connectivity index (χ0n) is 18.3. The Kier molecular flexibility index (Phi) is 4.64. The summed E-state index contributed by atoms with van der Waals surface area (Å²) in [6.45, 7) is 4.24. The van der Waals surface area contributed by atoms with E-state index >= 15 is 0 Å². The number of nitrogens with zero attached hydrogens (tertiary/aromatic N) is 2. The SMILES string of the molecule is CC1(C)CC(=O)C2=C(C1)N(c1cccc3ccccc13)C(N)=C(C#N)C2c1ccccc1. The van der Waals surface area contributed by atoms with Gasteiger partial charge in [-0.25, -0.2) is 0 Å². The van der Waals surface area contributed by atoms with Gasteiger partial charge in [0.2, 0.25) is 0 Å². The van der Waals surface area contributed by atoms with Gasteiger partial charge in [0.1, 0.15) is 5.82 Å². The fourth-order valence-corrected chi connectivity index (χ4v) is 5.17. The van der Waals surface area contributed by atoms with Crippen molar-refractivity contribution < 1.29 is 4.79 Å². The lowest BCUT2D eigenvalue weighted by Gasteiger charge is -2.44. The molecular weight excluding hydrogens is 394 g/mol. The number of Topliss-reactive ketones (excluding diaryl/α,β-unsaturated/α-hetero) is 1. The lowest BCUT2D eigenvalue weighted by atomic mass is 9.68. The summed E-state index contributed by atoms with van der Waals surface area (Å²) in [6.07, 6.45) is 1.16. The number of allylic oxidation sites excluding steroid dienone is 3. The molecule has 0 fully saturated rings. The van der Waals surface area contributed by atoms with Crippen molar-refractivity contribution >= 4 is 22.2 Å². The molecule has 1 heterocycles. The third-order valence-corrected chi connectivity index (χ3v) is 6.52. The minimum atomic E-state index is -0.439. The van der Waals surface area contributed by atoms with Crippen molar-refractivity contribution in [1.82, 2.24) is 0 Å². The first-order valence-electron chi connectivity index (χ1n) is 10.9. The van der Waals surface area contributed by atoms with Crippen molar-refractivity contribution in [2.75, 3.05) is 4.90 Å². The van der Waals surface area contributed by atoms with E-state index in [2.05, 4.69) is 38.1 Å². The number of ketones is 1. The van der Waals surface area contributed by atoms with E-state index < -0.39 is 5.92 Å². The largest absolute Gasteiger partial charge is 0.384 e. The molecule has 4 heteroatoms. The molecule has 0 radical (unpaired) electrons. The van der Waals surface area contributed by atoms with E-state index in [-0.39, 0.29) is 11.2 Å². The number of hydrogen-bond donors (Lipinski definition) is 1. The Morgan fingerprint density at radius 2 is 1.66 bits per heavy atom. The number of hydrogen-bond acceptors (Lipinski definition) is 4. The molecule has 158 valence electrons. The molecule has 0 bridgehead atoms. The molecule has 3 aromatic carbocycles. The topological polar surface area (TPSA) is 70.1 Å². The van der Waals surface area contributed by atoms with E-state index in [1.54, 1.807) is 0 Å². The van der Waals surface area contributed by atoms with E-state index in [0.29, 0.717) is 29.8 Å². The van der Waals surface area contributed by atoms with E-state index in [9.17, 15) is 10.1 Å². The van der Waals surface area contributed by atoms with Gasteiger partial charge >= 0.3 is 0 Å². The lowest BCUT2D eigenvalue weighted by molar-refractivity contribution is -0.118. The van der Waals surface area contributed by atoms with Crippen LogP contribution in [0.15, 0.2) is 95.5 Å². The Hall–Kier alpha value is -3.84. The Morgan fingerprint density at radius 3 is 2.41 bits per heavy atom. The van der Waals surface area contributed by atoms with Gasteiger partial charge in [-0.1, -0.05) is 80.6 Å². The van der Waals surface area contributed by atoms with Gasteiger partial charge in [-0.2, -0.15) is 5.26 Å². The molecule has 0 spiro atoms. The molecule has 3 aromatic rings. The second-order valence-electron chi connectivity index (χ2n) is 9.39. The van der Waals surface area contributed by atoms with Gasteiger partial charge in [0.05, 0.1) is 23.2 Å². The molecule has 32 heavy (non-hydrogen) atoms. The highest BCUT2D eigenvalue weighted by atomic mass is 16.1. The van der Waals surface area contributed by atoms with Gasteiger partial charge < -0.3 is 5.73 Å². The molecule has 0 saturated heterocycles. The van der Waals surface area contributed by atoms with E-state index in [1.165, 1.54) is 0 Å². The van der Waals surface area contributed by atoms with Crippen LogP contribution in [0.3, 0.4) is 0 Å². The Morgan fingerprint density at radius 1 is 0.969 bits per heavy atom. The Labute approximate surface area is 188 Å². The summed E-state index contributed by atoms with van der Waals surface area (Å²) in [6, 6.07) is 26.3. The highest BCUT2D eigenvalue weighted by Gasteiger charge is 2.44. The molecule has 1 aliphatic carbocycles. The summed E-state index contributed by atoms with van der Waals surface area (Å²) in [4.78, 5) is 15.5. The van der Waals surface area contributed by atoms with Crippen LogP contribution in [0, 0.1) is 16.7 Å². The van der Waals surface area contributed by atoms with Crippen molar-refractivity contribution in [3.63, 3.8) is 0 Å². The smallest absolute Gasteiger partial charge is 0.162 e. The molecule has 5 rings (SSSR count). The summed E-state index contributed by atoms with van der Waals surface area (Å²) >= 11 is 0. The van der Waals surface area contributed by atoms with Crippen LogP contribution >= 0.6 is 0 Å². The quantitative estimate of drug-likeness (QED) is 0.571. The maximum atomic E-state index is 13.6. The van der Waals surface area contributed by atoms with Crippen LogP contribution in [-0.2, 0) is 4.79 Å². The molecular formula is C28H25N3O. The Balaban J connectivity index is 1.83. The normalized spacial score (nSPS) is 20.3. The molecule has 2 N–H and O–H groups in total. The van der Waals surface area contributed by atoms with Crippen molar-refractivity contribution in [3.05, 3.63) is 101 Å². The zero-order valence-corrected chi connectivity index (χ0v) is 18.3. The number of nitriles is 1. The summed E-state index contributed by atoms with van der Waals surface area (Å²) in [5.74, 6) is 0.0589. The fraction of sp³-hybridized carbons (Fsp3) is 0.214. The predicted octanol–water partition coefficient (Wildman–Crippen LogP) is 5.78. The first-order valence-corrected chi connectivity index (χ1v) is 10.9. The fourth-order valence-electron chi connectivity index (χ4n) is 5.17. The molecule has 0 amide bonds. The van der Waals surface area contributed by atoms with Gasteiger partial charge in [-0.15, -0.1) is 0 Å². The van der Waals surface area contributed by atoms with Gasteiger partial charge in [-0.05, 0) is 28.9 Å². The van der Waals surface area contributed by atoms with E-state index in [4.69, 9.17) is 5.73 Å². The minimum Gasteiger partial charge on any atom is -0.384 e. The molecule has 1 unspecified atom stereocenters. The van der Waals surface area contributed by atoms with Crippen LogP contribution in [-0.4, -0.2) is 5.78 Å². The van der Waals surface area contributed by atoms with Crippen molar-refractivity contribution in [1.29, 1.82) is 5.26 Å². The molecule has 0 saturated carbocycles. The minimum absolute atomic E-state index is 0.0931. The van der Waals surface area contributed by atoms with Crippen LogP contribution in [0.5, 0.6) is 0 Å². The average Bonchev–Trinajstić information content (AvgIpc) is 2.78. The first-order chi connectivity index (χ1) is 15.4. The number of carbonyl (C=O) groups is 1. The van der Waals surface area contributed by atoms with Crippen molar-refractivity contribution in [2.45, 2.75) is 32.6 Å². The summed E-state index contributed by atoms with van der Waals surface area (Å²) < 4.78 is 0. The molecule has 2 aliphatic rings. The number of carbonyl (C=O) groups excluding carboxylic acids is 1. The predicted molar refractivity (Wildman–Crippen MR) is 127 cm³/mol. The lowest BCUT2D eigenvalue weighted by Crippen LogP contribution is -2.42. The van der Waals surface area contributed by atoms with Gasteiger partial charge in [0.15, 0.2) is 5.78 Å². The molecule has 1 aliphatic heterocycles. The Bertz CT molecular complexity index is 1340. The zero-order chi connectivity index (χ0) is 22.5. The second kappa shape index (κ2) is 7.39. The van der Waals surface area contributed by atoms with Gasteiger partial charge in [0, 0.05) is 23.1 Å². The summed E-state index contributed by atoms with van der Waals surface area (Å²) in [5, 5.41) is 12.3. The first kappa shape index (κ1) is 20.1. The van der Waals surface area contributed by atoms with E-state index in [0.717, 1.165) is 27.7 Å². The molecule has 0 aromatic heterocycles. The maximum absolute atomic E-state index is 13.6. The summed E-state index contributed by atoms with van der Waals surface area (Å²) in [5.41, 5.74) is 10.4. The molecule has 4 nitrogen and oxygen atoms in total. The highest BCUT2D eigenvalue weighted by molar-refractivity contribution is 6.03. The van der Waals surface area contributed by atoms with Crippen LogP contribution in [0.1, 0.15) is 38.2 Å². The number of anilines is 1. The van der Waals surface area contributed by atoms with Crippen molar-refractivity contribution in [2.24, 2.45) is 11.1 Å². The number of nitrogens with two attached hydrogens (primary N) is 1. The van der Waals surface area contributed by atoms with Crippen LogP contribution in [0.4, 0.5) is 5.69 Å². The third-order valence-electron chi connectivity index (χ3n) is 6.52. The number of benzene rings is 3. The monoisotopic (exact) mass is 419 g/mol. The average molecular weight is 420 g/mol. The third kappa shape index (κ3) is 3.09. The number of rotatable bonds is 2. The summed E-state index contributed by atoms with van der Waals surface area (Å²) in [7, 11) is 0. The van der Waals surface area contributed by atoms with Crippen molar-refractivity contribution in [3.8, 4) is 6.07 Å². The number of fused-ring (bicyclic) bond motifs is 1. The maximum Gasteiger partial charge on any atom is 0.162 e. The van der Waals surface area contributed by atoms with Gasteiger partial charge in [0.25, 0.3) is 0 Å². The standard InChI is InChI=1S/C28H25N3O/c1-28(2)15-23-26(24(32)16-28)25(19-10-4-3-5-11-19)21(17-29)27(30)31(23)22-14-8-12-18-9-6-7-13-20(18)22/h3-14,25H,15-16,30H2,1-2H3. The van der Waals surface area contributed by atoms with Crippen LogP contribution in [0.2, 0.25) is 0 Å². The highest BCUT2D eigenvalue weighted by Crippen LogP contribution is 2.50. The van der Waals surface area contributed by atoms with Crippen LogP contribution < -0.4 is 10.6 Å². The van der Waals surface area contributed by atoms with E-state index in [1.807, 2.05) is 59.5 Å². The molecule has 1 atom stereocenters. The van der Waals surface area contributed by atoms with Crippen LogP contribution in [0.25, 0.3) is 10.8 Å². The van der Waals surface area contributed by atoms with Gasteiger partial charge in [-0.3, -0.25) is 9.69 Å². The second-order valence-corrected chi connectivity index (χ2v) is 9.39.